The standard InChI is InChI=1S/C15H14O4/c1-19-13-7-11(6-12(16)9-13)3-2-10-4-5-14(17)15(18)8-10/h2-9,16-18H,1H3/b3-2+. The van der Waals surface area contributed by atoms with Crippen molar-refractivity contribution in [2.45, 2.75) is 0 Å². The van der Waals surface area contributed by atoms with Gasteiger partial charge >= 0.3 is 0 Å². The fraction of sp³-hybridized carbons (Fsp3) is 0.0667. The average molecular weight is 258 g/mol. The van der Waals surface area contributed by atoms with Crippen LogP contribution in [0.5, 0.6) is 23.0 Å². The van der Waals surface area contributed by atoms with Crippen LogP contribution in [0.4, 0.5) is 0 Å². The Morgan fingerprint density at radius 3 is 2.26 bits per heavy atom. The van der Waals surface area contributed by atoms with Gasteiger partial charge in [-0.25, -0.2) is 0 Å². The average Bonchev–Trinajstić information content (AvgIpc) is 2.39. The largest absolute Gasteiger partial charge is 0.508 e. The predicted octanol–water partition coefficient (Wildman–Crippen LogP) is 2.98. The maximum Gasteiger partial charge on any atom is 0.157 e. The number of phenols is 3. The SMILES string of the molecule is COc1cc(O)cc(/C=C/c2ccc(O)c(O)c2)c1. The minimum absolute atomic E-state index is 0.118. The molecule has 0 aliphatic carbocycles. The van der Waals surface area contributed by atoms with Gasteiger partial charge in [0.15, 0.2) is 11.5 Å². The zero-order chi connectivity index (χ0) is 13.8. The van der Waals surface area contributed by atoms with Crippen molar-refractivity contribution in [3.8, 4) is 23.0 Å². The van der Waals surface area contributed by atoms with Crippen LogP contribution in [0, 0.1) is 0 Å². The summed E-state index contributed by atoms with van der Waals surface area (Å²) in [6.45, 7) is 0. The van der Waals surface area contributed by atoms with Crippen molar-refractivity contribution in [3.05, 3.63) is 47.5 Å². The third kappa shape index (κ3) is 3.19. The normalized spacial score (nSPS) is 10.8. The van der Waals surface area contributed by atoms with Gasteiger partial charge in [0.25, 0.3) is 0 Å². The third-order valence-electron chi connectivity index (χ3n) is 2.62. The highest BCUT2D eigenvalue weighted by Crippen LogP contribution is 2.27. The number of hydrogen-bond donors (Lipinski definition) is 3. The van der Waals surface area contributed by atoms with Crippen molar-refractivity contribution in [3.63, 3.8) is 0 Å². The Bertz CT molecular complexity index is 618. The summed E-state index contributed by atoms with van der Waals surface area (Å²) in [5.74, 6) is 0.354. The van der Waals surface area contributed by atoms with Crippen LogP contribution in [0.15, 0.2) is 36.4 Å². The lowest BCUT2D eigenvalue weighted by atomic mass is 10.1. The quantitative estimate of drug-likeness (QED) is 0.584. The van der Waals surface area contributed by atoms with E-state index < -0.39 is 0 Å². The van der Waals surface area contributed by atoms with Crippen molar-refractivity contribution in [1.82, 2.24) is 0 Å². The second kappa shape index (κ2) is 5.35. The summed E-state index contributed by atoms with van der Waals surface area (Å²) >= 11 is 0. The molecule has 0 bridgehead atoms. The Morgan fingerprint density at radius 1 is 0.842 bits per heavy atom. The smallest absolute Gasteiger partial charge is 0.157 e. The highest BCUT2D eigenvalue weighted by atomic mass is 16.5. The van der Waals surface area contributed by atoms with Crippen molar-refractivity contribution >= 4 is 12.2 Å². The zero-order valence-corrected chi connectivity index (χ0v) is 10.4. The van der Waals surface area contributed by atoms with Crippen LogP contribution in [0.3, 0.4) is 0 Å². The van der Waals surface area contributed by atoms with Gasteiger partial charge in [-0.3, -0.25) is 0 Å². The summed E-state index contributed by atoms with van der Waals surface area (Å²) < 4.78 is 5.06. The van der Waals surface area contributed by atoms with Crippen molar-refractivity contribution in [2.24, 2.45) is 0 Å². The summed E-state index contributed by atoms with van der Waals surface area (Å²) in [4.78, 5) is 0. The van der Waals surface area contributed by atoms with Crippen LogP contribution < -0.4 is 4.74 Å². The van der Waals surface area contributed by atoms with Crippen LogP contribution in [-0.4, -0.2) is 22.4 Å². The lowest BCUT2D eigenvalue weighted by molar-refractivity contribution is 0.403. The lowest BCUT2D eigenvalue weighted by Gasteiger charge is -2.03. The molecule has 4 nitrogen and oxygen atoms in total. The van der Waals surface area contributed by atoms with Gasteiger partial charge in [-0.2, -0.15) is 0 Å². The minimum atomic E-state index is -0.171. The molecule has 0 saturated carbocycles. The van der Waals surface area contributed by atoms with E-state index in [1.807, 2.05) is 0 Å². The van der Waals surface area contributed by atoms with Gasteiger partial charge in [0.05, 0.1) is 7.11 Å². The third-order valence-corrected chi connectivity index (χ3v) is 2.62. The van der Waals surface area contributed by atoms with E-state index in [4.69, 9.17) is 4.74 Å². The molecule has 0 fully saturated rings. The van der Waals surface area contributed by atoms with Gasteiger partial charge < -0.3 is 20.1 Å². The number of benzene rings is 2. The van der Waals surface area contributed by atoms with Crippen LogP contribution in [0.1, 0.15) is 11.1 Å². The molecular weight excluding hydrogens is 244 g/mol. The van der Waals surface area contributed by atoms with Gasteiger partial charge in [-0.1, -0.05) is 18.2 Å². The number of methoxy groups -OCH3 is 1. The Morgan fingerprint density at radius 2 is 1.58 bits per heavy atom. The lowest BCUT2D eigenvalue weighted by Crippen LogP contribution is -1.83. The maximum atomic E-state index is 9.52. The van der Waals surface area contributed by atoms with Gasteiger partial charge in [0, 0.05) is 6.07 Å². The van der Waals surface area contributed by atoms with E-state index in [2.05, 4.69) is 0 Å². The van der Waals surface area contributed by atoms with Crippen molar-refractivity contribution in [2.75, 3.05) is 7.11 Å². The summed E-state index contributed by atoms with van der Waals surface area (Å²) in [7, 11) is 1.53. The molecule has 2 aromatic carbocycles. The molecule has 0 atom stereocenters. The van der Waals surface area contributed by atoms with Gasteiger partial charge in [-0.15, -0.1) is 0 Å². The summed E-state index contributed by atoms with van der Waals surface area (Å²) in [5.41, 5.74) is 1.50. The molecule has 0 unspecified atom stereocenters. The molecule has 2 rings (SSSR count). The second-order valence-corrected chi connectivity index (χ2v) is 4.05. The number of ether oxygens (including phenoxy) is 1. The number of phenolic OH excluding ortho intramolecular Hbond substituents is 3. The highest BCUT2D eigenvalue weighted by molar-refractivity contribution is 5.72. The van der Waals surface area contributed by atoms with Crippen molar-refractivity contribution < 1.29 is 20.1 Å². The van der Waals surface area contributed by atoms with E-state index in [0.29, 0.717) is 5.75 Å². The molecule has 0 spiro atoms. The maximum absolute atomic E-state index is 9.52. The number of rotatable bonds is 3. The number of hydrogen-bond acceptors (Lipinski definition) is 4. The molecule has 3 N–H and O–H groups in total. The van der Waals surface area contributed by atoms with Gasteiger partial charge in [0.1, 0.15) is 11.5 Å². The molecule has 19 heavy (non-hydrogen) atoms. The monoisotopic (exact) mass is 258 g/mol. The first kappa shape index (κ1) is 12.8. The summed E-state index contributed by atoms with van der Waals surface area (Å²) in [6, 6.07) is 9.43. The Hall–Kier alpha value is -2.62. The van der Waals surface area contributed by atoms with Crippen LogP contribution in [0.25, 0.3) is 12.2 Å². The topological polar surface area (TPSA) is 69.9 Å². The van der Waals surface area contributed by atoms with Gasteiger partial charge in [0.2, 0.25) is 0 Å². The van der Waals surface area contributed by atoms with Crippen LogP contribution in [0.2, 0.25) is 0 Å². The molecule has 0 radical (unpaired) electrons. The molecule has 0 amide bonds. The molecule has 98 valence electrons. The molecule has 0 heterocycles. The van der Waals surface area contributed by atoms with Crippen LogP contribution in [-0.2, 0) is 0 Å². The zero-order valence-electron chi connectivity index (χ0n) is 10.4. The van der Waals surface area contributed by atoms with E-state index in [1.54, 1.807) is 30.4 Å². The second-order valence-electron chi connectivity index (χ2n) is 4.05. The van der Waals surface area contributed by atoms with E-state index in [1.165, 1.54) is 25.3 Å². The van der Waals surface area contributed by atoms with E-state index in [-0.39, 0.29) is 17.2 Å². The Kier molecular flexibility index (Phi) is 3.61. The molecular formula is C15H14O4. The summed E-state index contributed by atoms with van der Waals surface area (Å²) in [5, 5.41) is 28.1. The van der Waals surface area contributed by atoms with E-state index in [0.717, 1.165) is 11.1 Å². The molecule has 2 aromatic rings. The van der Waals surface area contributed by atoms with Crippen LogP contribution >= 0.6 is 0 Å². The molecule has 0 saturated heterocycles. The van der Waals surface area contributed by atoms with E-state index in [9.17, 15) is 15.3 Å². The fourth-order valence-corrected chi connectivity index (χ4v) is 1.66. The Balaban J connectivity index is 2.26. The minimum Gasteiger partial charge on any atom is -0.508 e. The van der Waals surface area contributed by atoms with Crippen molar-refractivity contribution in [1.29, 1.82) is 0 Å². The molecule has 0 aliphatic heterocycles. The first-order valence-electron chi connectivity index (χ1n) is 5.66. The molecule has 4 heteroatoms. The molecule has 0 aliphatic rings. The first-order chi connectivity index (χ1) is 9.08. The van der Waals surface area contributed by atoms with Gasteiger partial charge in [-0.05, 0) is 35.4 Å². The first-order valence-corrected chi connectivity index (χ1v) is 5.66. The van der Waals surface area contributed by atoms with E-state index >= 15 is 0 Å². The summed E-state index contributed by atoms with van der Waals surface area (Å²) in [6.07, 6.45) is 3.53. The number of aromatic hydroxyl groups is 3. The highest BCUT2D eigenvalue weighted by Gasteiger charge is 1.99. The molecule has 0 aromatic heterocycles. The Labute approximate surface area is 110 Å². The predicted molar refractivity (Wildman–Crippen MR) is 73.4 cm³/mol. The fourth-order valence-electron chi connectivity index (χ4n) is 1.66.